The second kappa shape index (κ2) is 9.52. The monoisotopic (exact) mass is 448 g/mol. The number of halogens is 1. The van der Waals surface area contributed by atoms with E-state index in [-0.39, 0.29) is 42.9 Å². The van der Waals surface area contributed by atoms with E-state index in [4.69, 9.17) is 9.47 Å². The molecule has 0 aliphatic carbocycles. The molecular weight excluding hydrogens is 427 g/mol. The minimum absolute atomic E-state index is 0.0320. The summed E-state index contributed by atoms with van der Waals surface area (Å²) in [6.07, 6.45) is 0. The zero-order chi connectivity index (χ0) is 23.4. The third-order valence-corrected chi connectivity index (χ3v) is 5.20. The predicted octanol–water partition coefficient (Wildman–Crippen LogP) is 3.44. The fourth-order valence-corrected chi connectivity index (χ4v) is 3.56. The number of ether oxygens (including phenoxy) is 2. The summed E-state index contributed by atoms with van der Waals surface area (Å²) in [5.41, 5.74) is 1.62. The summed E-state index contributed by atoms with van der Waals surface area (Å²) in [6.45, 7) is 0.431. The third kappa shape index (κ3) is 4.69. The van der Waals surface area contributed by atoms with Crippen LogP contribution in [0.15, 0.2) is 66.7 Å². The Hall–Kier alpha value is -4.20. The van der Waals surface area contributed by atoms with Crippen molar-refractivity contribution in [3.05, 3.63) is 94.8 Å². The zero-order valence-electron chi connectivity index (χ0n) is 17.8. The molecule has 168 valence electrons. The van der Waals surface area contributed by atoms with Gasteiger partial charge in [0.15, 0.2) is 0 Å². The van der Waals surface area contributed by atoms with E-state index in [2.05, 4.69) is 5.32 Å². The maximum Gasteiger partial charge on any atom is 0.261 e. The fourth-order valence-electron chi connectivity index (χ4n) is 3.56. The Morgan fingerprint density at radius 2 is 1.64 bits per heavy atom. The highest BCUT2D eigenvalue weighted by Crippen LogP contribution is 2.26. The van der Waals surface area contributed by atoms with Gasteiger partial charge in [0.25, 0.3) is 17.7 Å². The van der Waals surface area contributed by atoms with Crippen LogP contribution in [0.25, 0.3) is 0 Å². The normalized spacial score (nSPS) is 12.5. The standard InChI is InChI=1S/C25H21FN2O5/c1-32-22-11-6-16(15-28-24(30)19-4-2-3-5-20(19)25(28)31)14-21(22)23(29)27-12-13-33-18-9-7-17(26)8-10-18/h2-11,14H,12-13,15H2,1H3,(H,27,29). The number of benzene rings is 3. The highest BCUT2D eigenvalue weighted by molar-refractivity contribution is 6.21. The lowest BCUT2D eigenvalue weighted by Gasteiger charge is -2.16. The molecule has 0 unspecified atom stereocenters. The Labute approximate surface area is 189 Å². The molecule has 0 saturated heterocycles. The van der Waals surface area contributed by atoms with Crippen molar-refractivity contribution in [3.8, 4) is 11.5 Å². The number of carbonyl (C=O) groups is 3. The first kappa shape index (κ1) is 22.0. The molecular formula is C25H21FN2O5. The van der Waals surface area contributed by atoms with E-state index in [1.165, 1.54) is 31.4 Å². The SMILES string of the molecule is COc1ccc(CN2C(=O)c3ccccc3C2=O)cc1C(=O)NCCOc1ccc(F)cc1. The molecule has 3 amide bonds. The number of hydrogen-bond donors (Lipinski definition) is 1. The van der Waals surface area contributed by atoms with Crippen LogP contribution < -0.4 is 14.8 Å². The molecule has 0 saturated carbocycles. The summed E-state index contributed by atoms with van der Waals surface area (Å²) in [6, 6.07) is 17.2. The van der Waals surface area contributed by atoms with Crippen molar-refractivity contribution in [2.75, 3.05) is 20.3 Å². The molecule has 8 heteroatoms. The van der Waals surface area contributed by atoms with Crippen LogP contribution in [0, 0.1) is 5.82 Å². The lowest BCUT2D eigenvalue weighted by atomic mass is 10.1. The Morgan fingerprint density at radius 3 is 2.27 bits per heavy atom. The molecule has 1 aliphatic rings. The van der Waals surface area contributed by atoms with Crippen molar-refractivity contribution in [2.24, 2.45) is 0 Å². The van der Waals surface area contributed by atoms with Crippen molar-refractivity contribution in [2.45, 2.75) is 6.54 Å². The molecule has 7 nitrogen and oxygen atoms in total. The fraction of sp³-hybridized carbons (Fsp3) is 0.160. The van der Waals surface area contributed by atoms with E-state index < -0.39 is 5.91 Å². The molecule has 4 rings (SSSR count). The molecule has 0 fully saturated rings. The summed E-state index contributed by atoms with van der Waals surface area (Å²) in [4.78, 5) is 39.2. The summed E-state index contributed by atoms with van der Waals surface area (Å²) in [5.74, 6) is -0.627. The van der Waals surface area contributed by atoms with E-state index in [1.807, 2.05) is 0 Å². The Kier molecular flexibility index (Phi) is 6.35. The van der Waals surface area contributed by atoms with Crippen molar-refractivity contribution in [1.29, 1.82) is 0 Å². The van der Waals surface area contributed by atoms with Gasteiger partial charge in [-0.25, -0.2) is 4.39 Å². The molecule has 3 aromatic rings. The Balaban J connectivity index is 1.41. The minimum Gasteiger partial charge on any atom is -0.496 e. The average Bonchev–Trinajstić information content (AvgIpc) is 3.07. The zero-order valence-corrected chi connectivity index (χ0v) is 17.8. The van der Waals surface area contributed by atoms with Crippen LogP contribution in [-0.2, 0) is 6.54 Å². The number of carbonyl (C=O) groups excluding carboxylic acids is 3. The number of methoxy groups -OCH3 is 1. The second-order valence-electron chi connectivity index (χ2n) is 7.33. The van der Waals surface area contributed by atoms with Crippen molar-refractivity contribution in [1.82, 2.24) is 10.2 Å². The number of hydrogen-bond acceptors (Lipinski definition) is 5. The van der Waals surface area contributed by atoms with E-state index in [0.717, 1.165) is 4.90 Å². The highest BCUT2D eigenvalue weighted by Gasteiger charge is 2.35. The number of imide groups is 1. The van der Waals surface area contributed by atoms with Crippen LogP contribution in [0.2, 0.25) is 0 Å². The van der Waals surface area contributed by atoms with Gasteiger partial charge >= 0.3 is 0 Å². The van der Waals surface area contributed by atoms with Crippen molar-refractivity contribution < 1.29 is 28.2 Å². The van der Waals surface area contributed by atoms with Gasteiger partial charge < -0.3 is 14.8 Å². The summed E-state index contributed by atoms with van der Waals surface area (Å²) in [5, 5.41) is 2.74. The molecule has 0 atom stereocenters. The molecule has 1 heterocycles. The minimum atomic E-state index is -0.390. The van der Waals surface area contributed by atoms with Gasteiger partial charge in [0.1, 0.15) is 23.9 Å². The molecule has 1 N–H and O–H groups in total. The molecule has 3 aromatic carbocycles. The van der Waals surface area contributed by atoms with Gasteiger partial charge in [-0.05, 0) is 54.1 Å². The molecule has 0 aromatic heterocycles. The van der Waals surface area contributed by atoms with Crippen molar-refractivity contribution in [3.63, 3.8) is 0 Å². The number of fused-ring (bicyclic) bond motifs is 1. The molecule has 1 aliphatic heterocycles. The van der Waals surface area contributed by atoms with E-state index in [0.29, 0.717) is 28.2 Å². The van der Waals surface area contributed by atoms with Gasteiger partial charge in [0.2, 0.25) is 0 Å². The van der Waals surface area contributed by atoms with Gasteiger partial charge in [-0.2, -0.15) is 0 Å². The first-order valence-electron chi connectivity index (χ1n) is 10.3. The van der Waals surface area contributed by atoms with Crippen LogP contribution in [0.5, 0.6) is 11.5 Å². The second-order valence-corrected chi connectivity index (χ2v) is 7.33. The van der Waals surface area contributed by atoms with Crippen molar-refractivity contribution >= 4 is 17.7 Å². The Morgan fingerprint density at radius 1 is 0.970 bits per heavy atom. The lowest BCUT2D eigenvalue weighted by molar-refractivity contribution is 0.0642. The van der Waals surface area contributed by atoms with Crippen LogP contribution >= 0.6 is 0 Å². The smallest absolute Gasteiger partial charge is 0.261 e. The molecule has 0 spiro atoms. The quantitative estimate of drug-likeness (QED) is 0.422. The Bertz CT molecular complexity index is 1170. The maximum absolute atomic E-state index is 12.9. The van der Waals surface area contributed by atoms with Gasteiger partial charge in [0, 0.05) is 0 Å². The highest BCUT2D eigenvalue weighted by atomic mass is 19.1. The van der Waals surface area contributed by atoms with E-state index in [9.17, 15) is 18.8 Å². The first-order valence-corrected chi connectivity index (χ1v) is 10.3. The summed E-state index contributed by atoms with van der Waals surface area (Å²) in [7, 11) is 1.45. The third-order valence-electron chi connectivity index (χ3n) is 5.20. The van der Waals surface area contributed by atoms with Crippen LogP contribution in [0.1, 0.15) is 36.6 Å². The van der Waals surface area contributed by atoms with Crippen LogP contribution in [0.3, 0.4) is 0 Å². The molecule has 33 heavy (non-hydrogen) atoms. The summed E-state index contributed by atoms with van der Waals surface area (Å²) < 4.78 is 23.7. The van der Waals surface area contributed by atoms with E-state index in [1.54, 1.807) is 42.5 Å². The van der Waals surface area contributed by atoms with Crippen LogP contribution in [-0.4, -0.2) is 42.9 Å². The first-order chi connectivity index (χ1) is 16.0. The number of amides is 3. The molecule has 0 radical (unpaired) electrons. The topological polar surface area (TPSA) is 84.9 Å². The lowest BCUT2D eigenvalue weighted by Crippen LogP contribution is -2.30. The van der Waals surface area contributed by atoms with Gasteiger partial charge in [-0.1, -0.05) is 18.2 Å². The number of nitrogens with zero attached hydrogens (tertiary/aromatic N) is 1. The number of rotatable bonds is 8. The van der Waals surface area contributed by atoms with Gasteiger partial charge in [-0.3, -0.25) is 19.3 Å². The molecule has 0 bridgehead atoms. The van der Waals surface area contributed by atoms with E-state index >= 15 is 0 Å². The maximum atomic E-state index is 12.9. The van der Waals surface area contributed by atoms with Gasteiger partial charge in [0.05, 0.1) is 36.9 Å². The van der Waals surface area contributed by atoms with Crippen LogP contribution in [0.4, 0.5) is 4.39 Å². The van der Waals surface area contributed by atoms with Gasteiger partial charge in [-0.15, -0.1) is 0 Å². The predicted molar refractivity (Wildman–Crippen MR) is 118 cm³/mol. The largest absolute Gasteiger partial charge is 0.496 e. The number of nitrogens with one attached hydrogen (secondary N) is 1. The summed E-state index contributed by atoms with van der Waals surface area (Å²) >= 11 is 0. The average molecular weight is 448 g/mol.